The summed E-state index contributed by atoms with van der Waals surface area (Å²) in [5.41, 5.74) is 1.45. The molecule has 37 heavy (non-hydrogen) atoms. The van der Waals surface area contributed by atoms with Gasteiger partial charge < -0.3 is 10.2 Å². The van der Waals surface area contributed by atoms with Gasteiger partial charge in [0, 0.05) is 17.6 Å². The maximum atomic E-state index is 13.8. The molecule has 2 aromatic rings. The highest BCUT2D eigenvalue weighted by atomic mass is 35.5. The lowest BCUT2D eigenvalue weighted by atomic mass is 9.95. The number of sulfonamides is 1. The predicted octanol–water partition coefficient (Wildman–Crippen LogP) is 4.81. The summed E-state index contributed by atoms with van der Waals surface area (Å²) in [6.07, 6.45) is 6.38. The highest BCUT2D eigenvalue weighted by Gasteiger charge is 2.33. The second-order valence-corrected chi connectivity index (χ2v) is 11.9. The molecule has 0 spiro atoms. The maximum Gasteiger partial charge on any atom is 0.244 e. The van der Waals surface area contributed by atoms with E-state index in [0.29, 0.717) is 28.3 Å². The van der Waals surface area contributed by atoms with Gasteiger partial charge in [-0.3, -0.25) is 13.9 Å². The zero-order valence-corrected chi connectivity index (χ0v) is 23.1. The lowest BCUT2D eigenvalue weighted by Crippen LogP contribution is -2.54. The van der Waals surface area contributed by atoms with E-state index in [1.807, 2.05) is 6.92 Å². The quantitative estimate of drug-likeness (QED) is 0.459. The van der Waals surface area contributed by atoms with Crippen molar-refractivity contribution >= 4 is 39.1 Å². The summed E-state index contributed by atoms with van der Waals surface area (Å²) in [6.45, 7) is 3.02. The van der Waals surface area contributed by atoms with Crippen LogP contribution in [0.1, 0.15) is 56.6 Å². The first-order valence-corrected chi connectivity index (χ1v) is 14.8. The highest BCUT2D eigenvalue weighted by Crippen LogP contribution is 2.28. The fraction of sp³-hybridized carbons (Fsp3) is 0.481. The molecule has 1 atom stereocenters. The summed E-state index contributed by atoms with van der Waals surface area (Å²) >= 11 is 6.23. The second-order valence-electron chi connectivity index (χ2n) is 9.57. The third kappa shape index (κ3) is 7.68. The molecule has 0 aromatic heterocycles. The summed E-state index contributed by atoms with van der Waals surface area (Å²) in [6, 6.07) is 9.78. The summed E-state index contributed by atoms with van der Waals surface area (Å²) in [7, 11) is -3.86. The Morgan fingerprint density at radius 1 is 1.11 bits per heavy atom. The Morgan fingerprint density at radius 2 is 1.76 bits per heavy atom. The number of carbonyl (C=O) groups is 2. The van der Waals surface area contributed by atoms with Crippen molar-refractivity contribution < 1.29 is 22.4 Å². The Bertz CT molecular complexity index is 1200. The molecule has 0 aliphatic heterocycles. The van der Waals surface area contributed by atoms with Crippen LogP contribution in [0.4, 0.5) is 10.1 Å². The van der Waals surface area contributed by atoms with Gasteiger partial charge >= 0.3 is 0 Å². The number of benzene rings is 2. The van der Waals surface area contributed by atoms with Crippen molar-refractivity contribution in [1.82, 2.24) is 10.2 Å². The van der Waals surface area contributed by atoms with Gasteiger partial charge in [-0.1, -0.05) is 56.0 Å². The Kier molecular flexibility index (Phi) is 9.95. The molecule has 7 nitrogen and oxygen atoms in total. The van der Waals surface area contributed by atoms with Crippen molar-refractivity contribution in [2.75, 3.05) is 17.1 Å². The van der Waals surface area contributed by atoms with E-state index in [1.165, 1.54) is 17.0 Å². The number of hydrogen-bond acceptors (Lipinski definition) is 4. The van der Waals surface area contributed by atoms with Gasteiger partial charge in [-0.25, -0.2) is 12.8 Å². The molecule has 3 rings (SSSR count). The summed E-state index contributed by atoms with van der Waals surface area (Å²) in [5, 5.41) is 3.46. The van der Waals surface area contributed by atoms with Crippen LogP contribution < -0.4 is 9.62 Å². The van der Waals surface area contributed by atoms with Gasteiger partial charge in [-0.2, -0.15) is 0 Å². The van der Waals surface area contributed by atoms with Crippen LogP contribution in [0.2, 0.25) is 5.02 Å². The Labute approximate surface area is 224 Å². The smallest absolute Gasteiger partial charge is 0.244 e. The standard InChI is InChI=1S/C27H35ClFN3O4S/c1-4-24(27(34)30-22-9-6-5-7-10-22)31(17-20-13-15-21(29)16-14-20)26(33)18-32(37(3,35)36)25-12-8-11-23(28)19(25)2/h8,11-16,22,24H,4-7,9-10,17-18H2,1-3H3,(H,30,34)/t24-/m1/s1. The number of halogens is 2. The number of nitrogens with one attached hydrogen (secondary N) is 1. The molecule has 2 aromatic carbocycles. The first-order chi connectivity index (χ1) is 17.5. The first-order valence-electron chi connectivity index (χ1n) is 12.6. The van der Waals surface area contributed by atoms with Crippen molar-refractivity contribution in [1.29, 1.82) is 0 Å². The first kappa shape index (κ1) is 28.9. The van der Waals surface area contributed by atoms with Crippen LogP contribution in [0.15, 0.2) is 42.5 Å². The Hall–Kier alpha value is -2.65. The number of amides is 2. The minimum Gasteiger partial charge on any atom is -0.352 e. The van der Waals surface area contributed by atoms with E-state index in [1.54, 1.807) is 37.3 Å². The number of rotatable bonds is 10. The lowest BCUT2D eigenvalue weighted by molar-refractivity contribution is -0.140. The molecule has 202 valence electrons. The molecule has 1 N–H and O–H groups in total. The molecule has 0 bridgehead atoms. The van der Waals surface area contributed by atoms with E-state index >= 15 is 0 Å². The number of anilines is 1. The fourth-order valence-electron chi connectivity index (χ4n) is 4.71. The van der Waals surface area contributed by atoms with Gasteiger partial charge in [-0.15, -0.1) is 0 Å². The minimum absolute atomic E-state index is 0.0296. The zero-order valence-electron chi connectivity index (χ0n) is 21.5. The highest BCUT2D eigenvalue weighted by molar-refractivity contribution is 7.92. The van der Waals surface area contributed by atoms with Gasteiger partial charge in [0.15, 0.2) is 0 Å². The monoisotopic (exact) mass is 551 g/mol. The number of hydrogen-bond donors (Lipinski definition) is 1. The molecule has 2 amide bonds. The average Bonchev–Trinajstić information content (AvgIpc) is 2.85. The van der Waals surface area contributed by atoms with E-state index in [4.69, 9.17) is 11.6 Å². The molecule has 1 aliphatic carbocycles. The summed E-state index contributed by atoms with van der Waals surface area (Å²) in [4.78, 5) is 28.5. The molecule has 0 unspecified atom stereocenters. The van der Waals surface area contributed by atoms with Crippen molar-refractivity contribution in [2.24, 2.45) is 0 Å². The van der Waals surface area contributed by atoms with Crippen LogP contribution in [-0.4, -0.2) is 50.0 Å². The molecular weight excluding hydrogens is 517 g/mol. The Morgan fingerprint density at radius 3 is 2.35 bits per heavy atom. The molecule has 1 aliphatic rings. The molecule has 1 saturated carbocycles. The van der Waals surface area contributed by atoms with Gasteiger partial charge in [0.2, 0.25) is 21.8 Å². The van der Waals surface area contributed by atoms with E-state index in [9.17, 15) is 22.4 Å². The third-order valence-corrected chi connectivity index (χ3v) is 8.33. The summed E-state index contributed by atoms with van der Waals surface area (Å²) in [5.74, 6) is -1.22. The van der Waals surface area contributed by atoms with Crippen LogP contribution >= 0.6 is 11.6 Å². The maximum absolute atomic E-state index is 13.8. The van der Waals surface area contributed by atoms with Gasteiger partial charge in [0.1, 0.15) is 18.4 Å². The van der Waals surface area contributed by atoms with Crippen molar-refractivity contribution in [3.63, 3.8) is 0 Å². The van der Waals surface area contributed by atoms with Crippen molar-refractivity contribution in [3.8, 4) is 0 Å². The normalized spacial score (nSPS) is 15.2. The van der Waals surface area contributed by atoms with E-state index in [0.717, 1.165) is 42.7 Å². The SMILES string of the molecule is CC[C@H](C(=O)NC1CCCCC1)N(Cc1ccc(F)cc1)C(=O)CN(c1cccc(Cl)c1C)S(C)(=O)=O. The van der Waals surface area contributed by atoms with Crippen LogP contribution in [0, 0.1) is 12.7 Å². The van der Waals surface area contributed by atoms with Crippen LogP contribution in [-0.2, 0) is 26.2 Å². The predicted molar refractivity (Wildman–Crippen MR) is 144 cm³/mol. The molecule has 0 heterocycles. The minimum atomic E-state index is -3.86. The lowest BCUT2D eigenvalue weighted by Gasteiger charge is -2.34. The van der Waals surface area contributed by atoms with Crippen LogP contribution in [0.5, 0.6) is 0 Å². The molecular formula is C27H35ClFN3O4S. The molecule has 1 fully saturated rings. The van der Waals surface area contributed by atoms with E-state index in [-0.39, 0.29) is 18.5 Å². The molecule has 10 heteroatoms. The Balaban J connectivity index is 1.93. The van der Waals surface area contributed by atoms with Crippen molar-refractivity contribution in [3.05, 3.63) is 64.4 Å². The zero-order chi connectivity index (χ0) is 27.2. The van der Waals surface area contributed by atoms with Crippen molar-refractivity contribution in [2.45, 2.75) is 71.0 Å². The summed E-state index contributed by atoms with van der Waals surface area (Å²) < 4.78 is 40.1. The second kappa shape index (κ2) is 12.7. The van der Waals surface area contributed by atoms with E-state index < -0.39 is 34.3 Å². The van der Waals surface area contributed by atoms with Gasteiger partial charge in [0.05, 0.1) is 11.9 Å². The van der Waals surface area contributed by atoms with E-state index in [2.05, 4.69) is 5.32 Å². The largest absolute Gasteiger partial charge is 0.352 e. The van der Waals surface area contributed by atoms with Gasteiger partial charge in [0.25, 0.3) is 0 Å². The number of nitrogens with zero attached hydrogens (tertiary/aromatic N) is 2. The topological polar surface area (TPSA) is 86.8 Å². The number of carbonyl (C=O) groups excluding carboxylic acids is 2. The molecule has 0 saturated heterocycles. The average molecular weight is 552 g/mol. The van der Waals surface area contributed by atoms with Crippen LogP contribution in [0.3, 0.4) is 0 Å². The van der Waals surface area contributed by atoms with Gasteiger partial charge in [-0.05, 0) is 61.6 Å². The fourth-order valence-corrected chi connectivity index (χ4v) is 5.78. The molecule has 0 radical (unpaired) electrons. The van der Waals surface area contributed by atoms with Crippen LogP contribution in [0.25, 0.3) is 0 Å². The third-order valence-electron chi connectivity index (χ3n) is 6.79.